The van der Waals surface area contributed by atoms with Crippen molar-refractivity contribution < 1.29 is 22.1 Å². The lowest BCUT2D eigenvalue weighted by molar-refractivity contribution is 0.134. The van der Waals surface area contributed by atoms with E-state index >= 15 is 0 Å². The second kappa shape index (κ2) is 9.92. The first-order chi connectivity index (χ1) is 12.4. The number of rotatable bonds is 8. The summed E-state index contributed by atoms with van der Waals surface area (Å²) in [5.41, 5.74) is 0.872. The molecule has 0 heterocycles. The van der Waals surface area contributed by atoms with Gasteiger partial charge in [-0.25, -0.2) is 4.79 Å². The van der Waals surface area contributed by atoms with Crippen molar-refractivity contribution in [2.75, 3.05) is 0 Å². The predicted molar refractivity (Wildman–Crippen MR) is 100 cm³/mol. The molecule has 1 aromatic carbocycles. The number of carbonyl (C=O) groups is 1. The third-order valence-corrected chi connectivity index (χ3v) is 6.58. The van der Waals surface area contributed by atoms with Crippen molar-refractivity contribution in [2.45, 2.75) is 76.4 Å². The van der Waals surface area contributed by atoms with Crippen LogP contribution in [0.5, 0.6) is 0 Å². The molecule has 1 aliphatic carbocycles. The van der Waals surface area contributed by atoms with E-state index in [4.69, 9.17) is 8.92 Å². The van der Waals surface area contributed by atoms with Crippen LogP contribution in [0.1, 0.15) is 57.9 Å². The summed E-state index contributed by atoms with van der Waals surface area (Å²) in [6.07, 6.45) is 4.27. The lowest BCUT2D eigenvalue weighted by atomic mass is 9.98. The van der Waals surface area contributed by atoms with E-state index in [1.165, 1.54) is 0 Å². The molecule has 0 unspecified atom stereocenters. The van der Waals surface area contributed by atoms with E-state index in [0.29, 0.717) is 6.42 Å². The van der Waals surface area contributed by atoms with E-state index in [2.05, 4.69) is 5.32 Å². The summed E-state index contributed by atoms with van der Waals surface area (Å²) in [5, 5.41) is 1.83. The van der Waals surface area contributed by atoms with Gasteiger partial charge in [0.2, 0.25) is 0 Å². The van der Waals surface area contributed by atoms with Gasteiger partial charge in [0.05, 0.1) is 12.1 Å². The zero-order valence-electron chi connectivity index (χ0n) is 15.5. The maximum atomic E-state index is 12.5. The fourth-order valence-corrected chi connectivity index (χ4v) is 4.52. The maximum absolute atomic E-state index is 12.5. The van der Waals surface area contributed by atoms with Crippen LogP contribution in [0.25, 0.3) is 0 Å². The molecule has 1 aromatic rings. The predicted octanol–water partition coefficient (Wildman–Crippen LogP) is 3.76. The van der Waals surface area contributed by atoms with Gasteiger partial charge in [0.25, 0.3) is 10.1 Å². The first-order valence-electron chi connectivity index (χ1n) is 9.31. The van der Waals surface area contributed by atoms with Crippen molar-refractivity contribution in [3.63, 3.8) is 0 Å². The highest BCUT2D eigenvalue weighted by molar-refractivity contribution is 7.87. The largest absolute Gasteiger partial charge is 0.445 e. The molecule has 1 saturated carbocycles. The van der Waals surface area contributed by atoms with E-state index < -0.39 is 27.5 Å². The molecule has 0 aromatic heterocycles. The fraction of sp³-hybridized carbons (Fsp3) is 0.632. The second-order valence-corrected chi connectivity index (χ2v) is 8.70. The maximum Gasteiger partial charge on any atom is 0.407 e. The molecule has 1 N–H and O–H groups in total. The van der Waals surface area contributed by atoms with Crippen LogP contribution in [0.4, 0.5) is 4.79 Å². The Balaban J connectivity index is 1.87. The number of ether oxygens (including phenoxy) is 1. The van der Waals surface area contributed by atoms with E-state index in [1.807, 2.05) is 37.3 Å². The summed E-state index contributed by atoms with van der Waals surface area (Å²) < 4.78 is 35.7. The Morgan fingerprint density at radius 2 is 1.85 bits per heavy atom. The highest BCUT2D eigenvalue weighted by Gasteiger charge is 2.33. The summed E-state index contributed by atoms with van der Waals surface area (Å²) in [4.78, 5) is 12.0. The van der Waals surface area contributed by atoms with E-state index in [1.54, 1.807) is 6.92 Å². The van der Waals surface area contributed by atoms with Crippen molar-refractivity contribution >= 4 is 16.2 Å². The Kier molecular flexibility index (Phi) is 7.90. The molecule has 6 nitrogen and oxygen atoms in total. The standard InChI is InChI=1S/C19H29NO5S/c1-3-18(20-19(21)24-14-16-10-6-4-7-11-16)15(2)26(22,23)25-17-12-8-5-9-13-17/h4,6-7,10-11,15,17-18H,3,5,8-9,12-14H2,1-2H3,(H,20,21)/t15-,18-/m1/s1. The highest BCUT2D eigenvalue weighted by atomic mass is 32.2. The molecular formula is C19H29NO5S. The average molecular weight is 384 g/mol. The number of alkyl carbamates (subject to hydrolysis) is 1. The Bertz CT molecular complexity index is 656. The number of benzene rings is 1. The molecular weight excluding hydrogens is 354 g/mol. The van der Waals surface area contributed by atoms with Gasteiger partial charge in [-0.3, -0.25) is 4.18 Å². The van der Waals surface area contributed by atoms with Gasteiger partial charge in [-0.15, -0.1) is 0 Å². The number of hydrogen-bond donors (Lipinski definition) is 1. The first kappa shape index (κ1) is 20.7. The summed E-state index contributed by atoms with van der Waals surface area (Å²) in [6.45, 7) is 3.54. The Hall–Kier alpha value is -1.60. The summed E-state index contributed by atoms with van der Waals surface area (Å²) >= 11 is 0. The van der Waals surface area contributed by atoms with Crippen LogP contribution in [0.2, 0.25) is 0 Å². The minimum absolute atomic E-state index is 0.142. The van der Waals surface area contributed by atoms with Gasteiger partial charge in [-0.1, -0.05) is 56.5 Å². The molecule has 1 fully saturated rings. The molecule has 0 aliphatic heterocycles. The van der Waals surface area contributed by atoms with Gasteiger partial charge < -0.3 is 10.1 Å². The van der Waals surface area contributed by atoms with Crippen LogP contribution >= 0.6 is 0 Å². The van der Waals surface area contributed by atoms with Crippen LogP contribution in [0.15, 0.2) is 30.3 Å². The first-order valence-corrected chi connectivity index (χ1v) is 10.8. The van der Waals surface area contributed by atoms with E-state index in [0.717, 1.165) is 37.7 Å². The minimum atomic E-state index is -3.75. The van der Waals surface area contributed by atoms with Gasteiger partial charge >= 0.3 is 6.09 Å². The van der Waals surface area contributed by atoms with Crippen LogP contribution in [0, 0.1) is 0 Å². The molecule has 7 heteroatoms. The smallest absolute Gasteiger partial charge is 0.407 e. The molecule has 0 saturated heterocycles. The van der Waals surface area contributed by atoms with Crippen LogP contribution in [-0.2, 0) is 25.6 Å². The highest BCUT2D eigenvalue weighted by Crippen LogP contribution is 2.24. The summed E-state index contributed by atoms with van der Waals surface area (Å²) in [6, 6.07) is 8.76. The SMILES string of the molecule is CC[C@@H](NC(=O)OCc1ccccc1)[C@@H](C)S(=O)(=O)OC1CCCCC1. The molecule has 0 bridgehead atoms. The number of hydrogen-bond acceptors (Lipinski definition) is 5. The van der Waals surface area contributed by atoms with Crippen molar-refractivity contribution in [2.24, 2.45) is 0 Å². The Morgan fingerprint density at radius 1 is 1.19 bits per heavy atom. The molecule has 0 spiro atoms. The lowest BCUT2D eigenvalue weighted by Gasteiger charge is -2.27. The van der Waals surface area contributed by atoms with Crippen LogP contribution < -0.4 is 5.32 Å². The van der Waals surface area contributed by atoms with E-state index in [-0.39, 0.29) is 12.7 Å². The number of carbonyl (C=O) groups excluding carboxylic acids is 1. The number of amides is 1. The third-order valence-electron chi connectivity index (χ3n) is 4.80. The molecule has 1 aliphatic rings. The van der Waals surface area contributed by atoms with Gasteiger partial charge in [0.1, 0.15) is 11.9 Å². The molecule has 2 rings (SSSR count). The topological polar surface area (TPSA) is 81.7 Å². The molecule has 0 radical (unpaired) electrons. The molecule has 2 atom stereocenters. The van der Waals surface area contributed by atoms with Crippen molar-refractivity contribution in [1.29, 1.82) is 0 Å². The van der Waals surface area contributed by atoms with Gasteiger partial charge in [0.15, 0.2) is 0 Å². The van der Waals surface area contributed by atoms with Gasteiger partial charge in [0, 0.05) is 0 Å². The van der Waals surface area contributed by atoms with E-state index in [9.17, 15) is 13.2 Å². The third kappa shape index (κ3) is 6.29. The average Bonchev–Trinajstić information content (AvgIpc) is 2.65. The molecule has 1 amide bonds. The fourth-order valence-electron chi connectivity index (χ4n) is 3.11. The van der Waals surface area contributed by atoms with Gasteiger partial charge in [-0.05, 0) is 31.7 Å². The zero-order chi connectivity index (χ0) is 19.0. The summed E-state index contributed by atoms with van der Waals surface area (Å²) in [7, 11) is -3.75. The second-order valence-electron chi connectivity index (χ2n) is 6.77. The monoisotopic (exact) mass is 383 g/mol. The van der Waals surface area contributed by atoms with Crippen LogP contribution in [0.3, 0.4) is 0 Å². The Labute approximate surface area is 156 Å². The van der Waals surface area contributed by atoms with Crippen LogP contribution in [-0.4, -0.2) is 31.9 Å². The lowest BCUT2D eigenvalue weighted by Crippen LogP contribution is -2.46. The quantitative estimate of drug-likeness (QED) is 0.691. The van der Waals surface area contributed by atoms with Crippen molar-refractivity contribution in [1.82, 2.24) is 5.32 Å². The van der Waals surface area contributed by atoms with Gasteiger partial charge in [-0.2, -0.15) is 8.42 Å². The minimum Gasteiger partial charge on any atom is -0.445 e. The molecule has 146 valence electrons. The normalized spacial score (nSPS) is 18.1. The Morgan fingerprint density at radius 3 is 2.46 bits per heavy atom. The molecule has 26 heavy (non-hydrogen) atoms. The summed E-state index contributed by atoms with van der Waals surface area (Å²) in [5.74, 6) is 0. The van der Waals surface area contributed by atoms with Crippen molar-refractivity contribution in [3.05, 3.63) is 35.9 Å². The van der Waals surface area contributed by atoms with Crippen molar-refractivity contribution in [3.8, 4) is 0 Å². The zero-order valence-corrected chi connectivity index (χ0v) is 16.3. The number of nitrogens with one attached hydrogen (secondary N) is 1.